The lowest BCUT2D eigenvalue weighted by molar-refractivity contribution is -0.118. The molecule has 0 bridgehead atoms. The number of benzene rings is 2. The van der Waals surface area contributed by atoms with Crippen LogP contribution >= 0.6 is 0 Å². The van der Waals surface area contributed by atoms with Gasteiger partial charge in [0.05, 0.1) is 36.9 Å². The van der Waals surface area contributed by atoms with Crippen LogP contribution in [0.5, 0.6) is 0 Å². The Kier molecular flexibility index (Phi) is 5.54. The number of nitrogens with zero attached hydrogens (tertiary/aromatic N) is 6. The maximum atomic E-state index is 13.8. The van der Waals surface area contributed by atoms with Crippen LogP contribution in [-0.2, 0) is 17.8 Å². The van der Waals surface area contributed by atoms with E-state index in [9.17, 15) is 13.6 Å². The number of aromatic amines is 1. The van der Waals surface area contributed by atoms with Crippen LogP contribution in [0.15, 0.2) is 67.1 Å². The van der Waals surface area contributed by atoms with Gasteiger partial charge in [-0.05, 0) is 54.4 Å². The van der Waals surface area contributed by atoms with E-state index in [-0.39, 0.29) is 18.9 Å². The van der Waals surface area contributed by atoms with E-state index in [4.69, 9.17) is 0 Å². The van der Waals surface area contributed by atoms with Crippen LogP contribution in [0.2, 0.25) is 0 Å². The summed E-state index contributed by atoms with van der Waals surface area (Å²) in [6.45, 7) is 1.80. The van der Waals surface area contributed by atoms with Gasteiger partial charge in [0, 0.05) is 11.8 Å². The van der Waals surface area contributed by atoms with Crippen molar-refractivity contribution in [3.63, 3.8) is 0 Å². The average Bonchev–Trinajstić information content (AvgIpc) is 3.48. The second-order valence-electron chi connectivity index (χ2n) is 7.81. The molecule has 0 saturated heterocycles. The van der Waals surface area contributed by atoms with Gasteiger partial charge >= 0.3 is 0 Å². The van der Waals surface area contributed by atoms with Gasteiger partial charge < -0.3 is 9.88 Å². The van der Waals surface area contributed by atoms with Gasteiger partial charge in [0.2, 0.25) is 5.91 Å². The number of fused-ring (bicyclic) bond motifs is 1. The quantitative estimate of drug-likeness (QED) is 0.416. The third-order valence-corrected chi connectivity index (χ3v) is 5.32. The lowest BCUT2D eigenvalue weighted by atomic mass is 10.1. The minimum Gasteiger partial charge on any atom is -0.345 e. The molecular formula is C24H19F2N7O. The minimum atomic E-state index is -0.708. The molecule has 0 atom stereocenters. The molecule has 1 N–H and O–H groups in total. The Morgan fingerprint density at radius 1 is 1.03 bits per heavy atom. The highest BCUT2D eigenvalue weighted by molar-refractivity contribution is 5.94. The third kappa shape index (κ3) is 4.38. The zero-order valence-corrected chi connectivity index (χ0v) is 18.1. The molecule has 2 aromatic carbocycles. The molecule has 0 aliphatic carbocycles. The fourth-order valence-corrected chi connectivity index (χ4v) is 3.71. The fourth-order valence-electron chi connectivity index (χ4n) is 3.71. The first-order valence-electron chi connectivity index (χ1n) is 10.5. The minimum absolute atomic E-state index is 0.0277. The summed E-state index contributed by atoms with van der Waals surface area (Å²) in [5, 5.41) is 12.6. The molecule has 0 saturated carbocycles. The van der Waals surface area contributed by atoms with E-state index in [2.05, 4.69) is 25.3 Å². The van der Waals surface area contributed by atoms with Crippen molar-refractivity contribution in [2.24, 2.45) is 0 Å². The van der Waals surface area contributed by atoms with Crippen molar-refractivity contribution >= 4 is 17.2 Å². The SMILES string of the molecule is Cc1ccc2nnc(CC(=O)N(Cc3cc(F)cc(F)c3)c3ccc(-c4cnc[nH]4)cc3)n2n1. The van der Waals surface area contributed by atoms with Crippen molar-refractivity contribution < 1.29 is 13.6 Å². The van der Waals surface area contributed by atoms with E-state index in [0.29, 0.717) is 22.7 Å². The number of carbonyl (C=O) groups is 1. The van der Waals surface area contributed by atoms with E-state index in [0.717, 1.165) is 23.0 Å². The predicted molar refractivity (Wildman–Crippen MR) is 121 cm³/mol. The van der Waals surface area contributed by atoms with Gasteiger partial charge in [0.15, 0.2) is 11.5 Å². The number of hydrogen-bond acceptors (Lipinski definition) is 5. The molecule has 3 aromatic heterocycles. The first kappa shape index (κ1) is 21.4. The zero-order valence-electron chi connectivity index (χ0n) is 18.1. The Bertz CT molecular complexity index is 1440. The molecule has 0 spiro atoms. The molecule has 0 fully saturated rings. The van der Waals surface area contributed by atoms with E-state index in [1.165, 1.54) is 21.5 Å². The highest BCUT2D eigenvalue weighted by Gasteiger charge is 2.21. The number of carbonyl (C=O) groups excluding carboxylic acids is 1. The molecule has 170 valence electrons. The number of aryl methyl sites for hydroxylation is 1. The number of H-pyrrole nitrogens is 1. The Morgan fingerprint density at radius 2 is 1.79 bits per heavy atom. The number of anilines is 1. The zero-order chi connectivity index (χ0) is 23.7. The summed E-state index contributed by atoms with van der Waals surface area (Å²) < 4.78 is 29.2. The van der Waals surface area contributed by atoms with Crippen LogP contribution in [0.25, 0.3) is 16.9 Å². The maximum Gasteiger partial charge on any atom is 0.235 e. The summed E-state index contributed by atoms with van der Waals surface area (Å²) in [5.41, 5.74) is 3.87. The van der Waals surface area contributed by atoms with Crippen molar-refractivity contribution in [3.05, 3.63) is 95.8 Å². The Morgan fingerprint density at radius 3 is 2.50 bits per heavy atom. The first-order chi connectivity index (χ1) is 16.5. The number of halogens is 2. The molecular weight excluding hydrogens is 440 g/mol. The molecule has 0 aliphatic heterocycles. The van der Waals surface area contributed by atoms with Crippen molar-refractivity contribution in [3.8, 4) is 11.3 Å². The predicted octanol–water partition coefficient (Wildman–Crippen LogP) is 3.88. The molecule has 8 nitrogen and oxygen atoms in total. The number of imidazole rings is 1. The van der Waals surface area contributed by atoms with Crippen molar-refractivity contribution in [2.45, 2.75) is 19.9 Å². The van der Waals surface area contributed by atoms with Crippen LogP contribution in [0, 0.1) is 18.6 Å². The molecule has 5 rings (SSSR count). The lowest BCUT2D eigenvalue weighted by Gasteiger charge is -2.23. The second kappa shape index (κ2) is 8.81. The highest BCUT2D eigenvalue weighted by atomic mass is 19.1. The van der Waals surface area contributed by atoms with Gasteiger partial charge in [-0.25, -0.2) is 13.8 Å². The van der Waals surface area contributed by atoms with Gasteiger partial charge in [-0.2, -0.15) is 9.61 Å². The second-order valence-corrected chi connectivity index (χ2v) is 7.81. The fraction of sp³-hybridized carbons (Fsp3) is 0.125. The lowest BCUT2D eigenvalue weighted by Crippen LogP contribution is -2.32. The number of rotatable bonds is 6. The monoisotopic (exact) mass is 459 g/mol. The topological polar surface area (TPSA) is 92.1 Å². The number of amides is 1. The molecule has 0 aliphatic rings. The normalized spacial score (nSPS) is 11.1. The summed E-state index contributed by atoms with van der Waals surface area (Å²) in [5.74, 6) is -1.37. The number of hydrogen-bond donors (Lipinski definition) is 1. The largest absolute Gasteiger partial charge is 0.345 e. The van der Waals surface area contributed by atoms with Crippen LogP contribution < -0.4 is 4.90 Å². The Hall–Kier alpha value is -4.47. The van der Waals surface area contributed by atoms with E-state index < -0.39 is 11.6 Å². The number of aromatic nitrogens is 6. The average molecular weight is 459 g/mol. The summed E-state index contributed by atoms with van der Waals surface area (Å²) in [6.07, 6.45) is 3.17. The van der Waals surface area contributed by atoms with Gasteiger partial charge in [-0.3, -0.25) is 4.79 Å². The first-order valence-corrected chi connectivity index (χ1v) is 10.5. The molecule has 3 heterocycles. The summed E-state index contributed by atoms with van der Waals surface area (Å²) in [4.78, 5) is 21.9. The smallest absolute Gasteiger partial charge is 0.235 e. The standard InChI is InChI=1S/C24H19F2N7O/c1-15-2-7-22-29-30-23(33(22)31-15)11-24(34)32(13-16-8-18(25)10-19(26)9-16)20-5-3-17(4-6-20)21-12-27-14-28-21/h2-10,12,14H,11,13H2,1H3,(H,27,28). The van der Waals surface area contributed by atoms with Crippen molar-refractivity contribution in [2.75, 3.05) is 4.90 Å². The molecule has 0 radical (unpaired) electrons. The van der Waals surface area contributed by atoms with E-state index in [1.807, 2.05) is 25.1 Å². The highest BCUT2D eigenvalue weighted by Crippen LogP contribution is 2.24. The third-order valence-electron chi connectivity index (χ3n) is 5.32. The molecule has 34 heavy (non-hydrogen) atoms. The number of nitrogens with one attached hydrogen (secondary N) is 1. The summed E-state index contributed by atoms with van der Waals surface area (Å²) in [7, 11) is 0. The van der Waals surface area contributed by atoms with Crippen molar-refractivity contribution in [1.82, 2.24) is 29.8 Å². The van der Waals surface area contributed by atoms with E-state index >= 15 is 0 Å². The maximum absolute atomic E-state index is 13.8. The van der Waals surface area contributed by atoms with Crippen LogP contribution in [0.3, 0.4) is 0 Å². The molecule has 0 unspecified atom stereocenters. The van der Waals surface area contributed by atoms with Gasteiger partial charge in [0.1, 0.15) is 11.6 Å². The van der Waals surface area contributed by atoms with Crippen LogP contribution in [-0.4, -0.2) is 35.7 Å². The molecule has 1 amide bonds. The molecule has 10 heteroatoms. The van der Waals surface area contributed by atoms with Crippen LogP contribution in [0.4, 0.5) is 14.5 Å². The Balaban J connectivity index is 1.48. The van der Waals surface area contributed by atoms with Gasteiger partial charge in [-0.1, -0.05) is 12.1 Å². The summed E-state index contributed by atoms with van der Waals surface area (Å²) >= 11 is 0. The Labute approximate surface area is 192 Å². The van der Waals surface area contributed by atoms with Gasteiger partial charge in [0.25, 0.3) is 0 Å². The summed E-state index contributed by atoms with van der Waals surface area (Å²) in [6, 6.07) is 14.0. The van der Waals surface area contributed by atoms with Crippen LogP contribution in [0.1, 0.15) is 17.1 Å². The van der Waals surface area contributed by atoms with E-state index in [1.54, 1.807) is 30.7 Å². The van der Waals surface area contributed by atoms with Gasteiger partial charge in [-0.15, -0.1) is 10.2 Å². The molecule has 5 aromatic rings. The van der Waals surface area contributed by atoms with Crippen molar-refractivity contribution in [1.29, 1.82) is 0 Å².